The van der Waals surface area contributed by atoms with E-state index in [9.17, 15) is 4.79 Å². The van der Waals surface area contributed by atoms with Gasteiger partial charge in [0, 0.05) is 22.2 Å². The molecule has 0 aliphatic rings. The molecule has 18 heavy (non-hydrogen) atoms. The van der Waals surface area contributed by atoms with Gasteiger partial charge in [0.2, 0.25) is 12.3 Å². The van der Waals surface area contributed by atoms with Crippen molar-refractivity contribution in [3.8, 4) is 0 Å². The molecule has 0 aliphatic heterocycles. The molecular weight excluding hydrogens is 428 g/mol. The molecule has 2 aromatic rings. The summed E-state index contributed by atoms with van der Waals surface area (Å²) in [4.78, 5) is 12.1. The van der Waals surface area contributed by atoms with Gasteiger partial charge in [-0.05, 0) is 18.2 Å². The summed E-state index contributed by atoms with van der Waals surface area (Å²) in [7, 11) is 0. The van der Waals surface area contributed by atoms with Crippen LogP contribution in [0.5, 0.6) is 0 Å². The molecule has 0 aliphatic carbocycles. The fraction of sp³-hybridized carbons (Fsp3) is 0.0769. The van der Waals surface area contributed by atoms with Gasteiger partial charge in [-0.2, -0.15) is 4.57 Å². The predicted molar refractivity (Wildman–Crippen MR) is 70.1 cm³/mol. The lowest BCUT2D eigenvalue weighted by atomic mass is 10.1. The summed E-state index contributed by atoms with van der Waals surface area (Å²) in [6, 6.07) is 11.0. The topological polar surface area (TPSA) is 20.9 Å². The minimum atomic E-state index is -0.00694. The van der Waals surface area contributed by atoms with Crippen molar-refractivity contribution in [2.45, 2.75) is 6.54 Å². The van der Waals surface area contributed by atoms with E-state index >= 15 is 0 Å². The van der Waals surface area contributed by atoms with E-state index in [1.165, 1.54) is 0 Å². The summed E-state index contributed by atoms with van der Waals surface area (Å²) < 4.78 is 2.67. The van der Waals surface area contributed by atoms with Gasteiger partial charge < -0.3 is 24.0 Å². The summed E-state index contributed by atoms with van der Waals surface area (Å²) >= 11 is 9.34. The number of ketones is 1. The molecule has 0 spiro atoms. The van der Waals surface area contributed by atoms with Gasteiger partial charge in [-0.25, -0.2) is 0 Å². The third kappa shape index (κ3) is 4.03. The Morgan fingerprint density at radius 2 is 1.89 bits per heavy atom. The number of hydrogen-bond acceptors (Lipinski definition) is 1. The van der Waals surface area contributed by atoms with E-state index in [0.717, 1.165) is 4.47 Å². The first-order chi connectivity index (χ1) is 8.16. The van der Waals surface area contributed by atoms with Gasteiger partial charge in [-0.3, -0.25) is 4.79 Å². The Labute approximate surface area is 136 Å². The smallest absolute Gasteiger partial charge is 0.229 e. The largest absolute Gasteiger partial charge is 1.00 e. The Kier molecular flexibility index (Phi) is 6.25. The maximum Gasteiger partial charge on any atom is 0.229 e. The molecule has 1 aromatic carbocycles. The van der Waals surface area contributed by atoms with Crippen LogP contribution in [0.2, 0.25) is 5.02 Å². The summed E-state index contributed by atoms with van der Waals surface area (Å²) in [5.74, 6) is -0.00694. The van der Waals surface area contributed by atoms with Crippen LogP contribution >= 0.6 is 27.5 Å². The second-order valence-corrected chi connectivity index (χ2v) is 4.92. The highest BCUT2D eigenvalue weighted by Crippen LogP contribution is 2.21. The molecule has 2 nitrogen and oxygen atoms in total. The normalized spacial score (nSPS) is 9.67. The monoisotopic (exact) mass is 437 g/mol. The van der Waals surface area contributed by atoms with E-state index in [0.29, 0.717) is 10.6 Å². The molecule has 0 fully saturated rings. The number of carbonyl (C=O) groups is 1. The fourth-order valence-electron chi connectivity index (χ4n) is 1.50. The van der Waals surface area contributed by atoms with Crippen LogP contribution in [0, 0.1) is 0 Å². The zero-order valence-corrected chi connectivity index (χ0v) is 13.8. The number of carbonyl (C=O) groups excluding carboxylic acids is 1. The summed E-state index contributed by atoms with van der Waals surface area (Å²) in [5.41, 5.74) is 0.539. The van der Waals surface area contributed by atoms with Gasteiger partial charge >= 0.3 is 0 Å². The van der Waals surface area contributed by atoms with Crippen LogP contribution in [-0.2, 0) is 6.54 Å². The van der Waals surface area contributed by atoms with Crippen molar-refractivity contribution in [2.75, 3.05) is 0 Å². The van der Waals surface area contributed by atoms with Crippen LogP contribution in [0.15, 0.2) is 53.3 Å². The first-order valence-electron chi connectivity index (χ1n) is 5.09. The van der Waals surface area contributed by atoms with E-state index in [1.54, 1.807) is 12.1 Å². The third-order valence-corrected chi connectivity index (χ3v) is 3.16. The molecule has 0 N–H and O–H groups in total. The standard InChI is InChI=1S/C13H10BrClNO.HI/c14-10-4-5-12(15)11(8-10)13(17)9-16-6-2-1-3-7-16;/h1-8H,9H2;1H/q+1;/p-1. The summed E-state index contributed by atoms with van der Waals surface area (Å²) in [5, 5.41) is 0.481. The number of benzene rings is 1. The van der Waals surface area contributed by atoms with Crippen molar-refractivity contribution in [2.24, 2.45) is 0 Å². The lowest BCUT2D eigenvalue weighted by molar-refractivity contribution is -0.683. The van der Waals surface area contributed by atoms with Crippen LogP contribution in [0.3, 0.4) is 0 Å². The van der Waals surface area contributed by atoms with Crippen molar-refractivity contribution in [3.05, 3.63) is 63.9 Å². The lowest BCUT2D eigenvalue weighted by Gasteiger charge is -2.01. The van der Waals surface area contributed by atoms with Crippen LogP contribution in [0.25, 0.3) is 0 Å². The van der Waals surface area contributed by atoms with Gasteiger partial charge in [-0.1, -0.05) is 33.6 Å². The van der Waals surface area contributed by atoms with Gasteiger partial charge in [0.1, 0.15) is 0 Å². The van der Waals surface area contributed by atoms with Crippen molar-refractivity contribution >= 4 is 33.3 Å². The highest BCUT2D eigenvalue weighted by Gasteiger charge is 2.15. The number of hydrogen-bond donors (Lipinski definition) is 0. The highest BCUT2D eigenvalue weighted by molar-refractivity contribution is 9.10. The zero-order valence-electron chi connectivity index (χ0n) is 9.32. The maximum atomic E-state index is 12.1. The maximum absolute atomic E-state index is 12.1. The summed E-state index contributed by atoms with van der Waals surface area (Å²) in [6.07, 6.45) is 3.70. The first kappa shape index (κ1) is 15.6. The van der Waals surface area contributed by atoms with Gasteiger partial charge in [0.05, 0.1) is 5.02 Å². The molecule has 0 saturated heterocycles. The Balaban J connectivity index is 0.00000162. The Morgan fingerprint density at radius 1 is 1.22 bits per heavy atom. The van der Waals surface area contributed by atoms with Crippen LogP contribution < -0.4 is 28.5 Å². The second-order valence-electron chi connectivity index (χ2n) is 3.60. The zero-order chi connectivity index (χ0) is 12.3. The molecule has 94 valence electrons. The minimum absolute atomic E-state index is 0. The van der Waals surface area contributed by atoms with Gasteiger partial charge in [0.15, 0.2) is 12.4 Å². The molecule has 1 aromatic heterocycles. The van der Waals surface area contributed by atoms with Crippen LogP contribution in [-0.4, -0.2) is 5.78 Å². The Bertz CT molecular complexity index is 548. The third-order valence-electron chi connectivity index (χ3n) is 2.33. The SMILES string of the molecule is O=C(C[n+]1ccccc1)c1cc(Br)ccc1Cl.[I-]. The van der Waals surface area contributed by atoms with E-state index < -0.39 is 0 Å². The van der Waals surface area contributed by atoms with E-state index in [1.807, 2.05) is 41.2 Å². The highest BCUT2D eigenvalue weighted by atomic mass is 127. The lowest BCUT2D eigenvalue weighted by Crippen LogP contribution is -3.00. The van der Waals surface area contributed by atoms with Crippen molar-refractivity contribution < 1.29 is 33.3 Å². The van der Waals surface area contributed by atoms with Crippen molar-refractivity contribution in [3.63, 3.8) is 0 Å². The van der Waals surface area contributed by atoms with Gasteiger partial charge in [-0.15, -0.1) is 0 Å². The quantitative estimate of drug-likeness (QED) is 0.383. The molecule has 5 heteroatoms. The number of aromatic nitrogens is 1. The molecule has 0 unspecified atom stereocenters. The first-order valence-corrected chi connectivity index (χ1v) is 6.26. The average molecular weight is 438 g/mol. The van der Waals surface area contributed by atoms with Crippen molar-refractivity contribution in [1.82, 2.24) is 0 Å². The molecule has 2 rings (SSSR count). The average Bonchev–Trinajstić information content (AvgIpc) is 2.33. The fourth-order valence-corrected chi connectivity index (χ4v) is 2.09. The Hall–Kier alpha value is -0.460. The van der Waals surface area contributed by atoms with E-state index in [-0.39, 0.29) is 36.3 Å². The number of halogens is 3. The van der Waals surface area contributed by atoms with Crippen LogP contribution in [0.4, 0.5) is 0 Å². The second kappa shape index (κ2) is 7.21. The number of rotatable bonds is 3. The minimum Gasteiger partial charge on any atom is -1.00 e. The Morgan fingerprint density at radius 3 is 2.56 bits per heavy atom. The molecule has 0 bridgehead atoms. The van der Waals surface area contributed by atoms with E-state index in [4.69, 9.17) is 11.6 Å². The van der Waals surface area contributed by atoms with Gasteiger partial charge in [0.25, 0.3) is 0 Å². The van der Waals surface area contributed by atoms with E-state index in [2.05, 4.69) is 15.9 Å². The number of nitrogens with zero attached hydrogens (tertiary/aromatic N) is 1. The van der Waals surface area contributed by atoms with Crippen molar-refractivity contribution in [1.29, 1.82) is 0 Å². The molecular formula is C13H10BrClINO. The molecule has 0 amide bonds. The summed E-state index contributed by atoms with van der Waals surface area (Å²) in [6.45, 7) is 0.289. The molecule has 0 radical (unpaired) electrons. The van der Waals surface area contributed by atoms with Crippen LogP contribution in [0.1, 0.15) is 10.4 Å². The number of pyridine rings is 1. The number of Topliss-reactive ketones (excluding diaryl/α,β-unsaturated/α-hetero) is 1. The molecule has 0 atom stereocenters. The molecule has 0 saturated carbocycles. The molecule has 1 heterocycles. The predicted octanol–water partition coefficient (Wildman–Crippen LogP) is 0.277.